The van der Waals surface area contributed by atoms with Crippen molar-refractivity contribution in [1.29, 1.82) is 0 Å². The molecule has 104 valence electrons. The van der Waals surface area contributed by atoms with Crippen molar-refractivity contribution < 1.29 is 18.7 Å². The van der Waals surface area contributed by atoms with E-state index >= 15 is 0 Å². The average molecular weight is 274 g/mol. The molecule has 20 heavy (non-hydrogen) atoms. The van der Waals surface area contributed by atoms with E-state index in [-0.39, 0.29) is 23.5 Å². The first-order chi connectivity index (χ1) is 9.65. The van der Waals surface area contributed by atoms with Gasteiger partial charge < -0.3 is 9.47 Å². The van der Waals surface area contributed by atoms with Crippen molar-refractivity contribution in [3.8, 4) is 11.5 Å². The van der Waals surface area contributed by atoms with Gasteiger partial charge in [0.25, 0.3) is 0 Å². The first-order valence-electron chi connectivity index (χ1n) is 6.14. The highest BCUT2D eigenvalue weighted by atomic mass is 19.1. The number of ether oxygens (including phenoxy) is 2. The van der Waals surface area contributed by atoms with E-state index in [0.29, 0.717) is 5.75 Å². The lowest BCUT2D eigenvalue weighted by molar-refractivity contribution is 0.0988. The molecule has 0 amide bonds. The molecule has 0 bridgehead atoms. The first-order valence-corrected chi connectivity index (χ1v) is 6.14. The summed E-state index contributed by atoms with van der Waals surface area (Å²) in [4.78, 5) is 12.1. The monoisotopic (exact) mass is 274 g/mol. The van der Waals surface area contributed by atoms with E-state index in [2.05, 4.69) is 0 Å². The van der Waals surface area contributed by atoms with Gasteiger partial charge in [-0.1, -0.05) is 18.2 Å². The van der Waals surface area contributed by atoms with Gasteiger partial charge in [-0.3, -0.25) is 4.79 Å². The average Bonchev–Trinajstić information content (AvgIpc) is 2.48. The second-order valence-electron chi connectivity index (χ2n) is 4.27. The van der Waals surface area contributed by atoms with Gasteiger partial charge in [-0.05, 0) is 29.8 Å². The molecule has 0 aromatic heterocycles. The van der Waals surface area contributed by atoms with Gasteiger partial charge in [-0.2, -0.15) is 0 Å². The van der Waals surface area contributed by atoms with Gasteiger partial charge in [0.1, 0.15) is 5.75 Å². The van der Waals surface area contributed by atoms with E-state index in [9.17, 15) is 9.18 Å². The van der Waals surface area contributed by atoms with Crippen molar-refractivity contribution in [2.75, 3.05) is 14.2 Å². The molecule has 2 rings (SSSR count). The summed E-state index contributed by atoms with van der Waals surface area (Å²) in [5.41, 5.74) is 0.846. The maximum absolute atomic E-state index is 14.0. The summed E-state index contributed by atoms with van der Waals surface area (Å²) in [6.07, 6.45) is 0.133. The van der Waals surface area contributed by atoms with Crippen molar-refractivity contribution in [1.82, 2.24) is 0 Å². The molecule has 0 radical (unpaired) electrons. The van der Waals surface area contributed by atoms with Crippen LogP contribution in [0.2, 0.25) is 0 Å². The lowest BCUT2D eigenvalue weighted by Gasteiger charge is -2.07. The predicted octanol–water partition coefficient (Wildman–Crippen LogP) is 3.27. The van der Waals surface area contributed by atoms with Crippen LogP contribution in [-0.2, 0) is 6.42 Å². The molecule has 0 aliphatic rings. The van der Waals surface area contributed by atoms with Crippen molar-refractivity contribution in [3.63, 3.8) is 0 Å². The summed E-state index contributed by atoms with van der Waals surface area (Å²) >= 11 is 0. The first kappa shape index (κ1) is 14.1. The molecule has 4 heteroatoms. The topological polar surface area (TPSA) is 35.5 Å². The van der Waals surface area contributed by atoms with Crippen molar-refractivity contribution in [2.45, 2.75) is 6.42 Å². The highest BCUT2D eigenvalue weighted by Crippen LogP contribution is 2.21. The maximum atomic E-state index is 14.0. The molecule has 0 saturated carbocycles. The second kappa shape index (κ2) is 6.19. The molecule has 0 unspecified atom stereocenters. The molecule has 3 nitrogen and oxygen atoms in total. The third-order valence-corrected chi connectivity index (χ3v) is 3.01. The summed E-state index contributed by atoms with van der Waals surface area (Å²) in [5, 5.41) is 0. The molecular weight excluding hydrogens is 259 g/mol. The van der Waals surface area contributed by atoms with Gasteiger partial charge in [-0.25, -0.2) is 4.39 Å². The van der Waals surface area contributed by atoms with Crippen LogP contribution in [0.15, 0.2) is 42.5 Å². The number of rotatable bonds is 5. The Kier molecular flexibility index (Phi) is 4.35. The lowest BCUT2D eigenvalue weighted by atomic mass is 10.0. The molecule has 0 spiro atoms. The third kappa shape index (κ3) is 2.96. The molecular formula is C16H15FO3. The number of carbonyl (C=O) groups is 1. The van der Waals surface area contributed by atoms with Gasteiger partial charge in [0.05, 0.1) is 19.8 Å². The van der Waals surface area contributed by atoms with E-state index in [0.717, 1.165) is 5.56 Å². The SMILES string of the molecule is COc1ccc(CC(=O)c2cccc(OC)c2F)cc1. The summed E-state index contributed by atoms with van der Waals surface area (Å²) < 4.78 is 23.9. The molecule has 0 heterocycles. The second-order valence-corrected chi connectivity index (χ2v) is 4.27. The highest BCUT2D eigenvalue weighted by Gasteiger charge is 2.15. The number of hydrogen-bond acceptors (Lipinski definition) is 3. The van der Waals surface area contributed by atoms with Crippen molar-refractivity contribution in [3.05, 3.63) is 59.4 Å². The van der Waals surface area contributed by atoms with Gasteiger partial charge in [0, 0.05) is 6.42 Å². The summed E-state index contributed by atoms with van der Waals surface area (Å²) in [7, 11) is 2.95. The molecule has 2 aromatic carbocycles. The minimum Gasteiger partial charge on any atom is -0.497 e. The minimum absolute atomic E-state index is 0.0418. The zero-order valence-corrected chi connectivity index (χ0v) is 11.4. The van der Waals surface area contributed by atoms with Crippen LogP contribution in [0.25, 0.3) is 0 Å². The third-order valence-electron chi connectivity index (χ3n) is 3.01. The normalized spacial score (nSPS) is 10.2. The van der Waals surface area contributed by atoms with Crippen molar-refractivity contribution >= 4 is 5.78 Å². The zero-order valence-electron chi connectivity index (χ0n) is 11.4. The number of benzene rings is 2. The van der Waals surface area contributed by atoms with Crippen LogP contribution >= 0.6 is 0 Å². The number of methoxy groups -OCH3 is 2. The van der Waals surface area contributed by atoms with Crippen molar-refractivity contribution in [2.24, 2.45) is 0 Å². The van der Waals surface area contributed by atoms with Gasteiger partial charge in [0.2, 0.25) is 0 Å². The van der Waals surface area contributed by atoms with Crippen LogP contribution in [0.5, 0.6) is 11.5 Å². The van der Waals surface area contributed by atoms with E-state index < -0.39 is 5.82 Å². The smallest absolute Gasteiger partial charge is 0.175 e. The van der Waals surface area contributed by atoms with Crippen LogP contribution in [0.1, 0.15) is 15.9 Å². The van der Waals surface area contributed by atoms with Crippen LogP contribution in [0, 0.1) is 5.82 Å². The highest BCUT2D eigenvalue weighted by molar-refractivity contribution is 5.98. The molecule has 0 fully saturated rings. The number of carbonyl (C=O) groups excluding carboxylic acids is 1. The largest absolute Gasteiger partial charge is 0.497 e. The Labute approximate surface area is 117 Å². The molecule has 0 atom stereocenters. The van der Waals surface area contributed by atoms with Crippen LogP contribution in [0.3, 0.4) is 0 Å². The lowest BCUT2D eigenvalue weighted by Crippen LogP contribution is -2.07. The number of ketones is 1. The molecule has 0 aliphatic heterocycles. The van der Waals surface area contributed by atoms with Crippen LogP contribution in [-0.4, -0.2) is 20.0 Å². The van der Waals surface area contributed by atoms with Gasteiger partial charge in [0.15, 0.2) is 17.3 Å². The quantitative estimate of drug-likeness (QED) is 0.785. The van der Waals surface area contributed by atoms with E-state index in [1.807, 2.05) is 0 Å². The summed E-state index contributed by atoms with van der Waals surface area (Å²) in [6.45, 7) is 0. The van der Waals surface area contributed by atoms with E-state index in [1.54, 1.807) is 37.4 Å². The van der Waals surface area contributed by atoms with E-state index in [4.69, 9.17) is 9.47 Å². The Bertz CT molecular complexity index is 606. The fourth-order valence-corrected chi connectivity index (χ4v) is 1.91. The van der Waals surface area contributed by atoms with E-state index in [1.165, 1.54) is 19.2 Å². The Balaban J connectivity index is 2.19. The molecule has 0 saturated heterocycles. The molecule has 2 aromatic rings. The van der Waals surface area contributed by atoms with Crippen LogP contribution < -0.4 is 9.47 Å². The summed E-state index contributed by atoms with van der Waals surface area (Å²) in [6, 6.07) is 11.7. The Morgan fingerprint density at radius 2 is 1.75 bits per heavy atom. The fraction of sp³-hybridized carbons (Fsp3) is 0.188. The number of halogens is 1. The Morgan fingerprint density at radius 3 is 2.35 bits per heavy atom. The van der Waals surface area contributed by atoms with Gasteiger partial charge in [-0.15, -0.1) is 0 Å². The summed E-state index contributed by atoms with van der Waals surface area (Å²) in [5.74, 6) is -0.112. The van der Waals surface area contributed by atoms with Crippen LogP contribution in [0.4, 0.5) is 4.39 Å². The number of hydrogen-bond donors (Lipinski definition) is 0. The number of Topliss-reactive ketones (excluding diaryl/α,β-unsaturated/α-hetero) is 1. The Hall–Kier alpha value is -2.36. The molecule has 0 N–H and O–H groups in total. The minimum atomic E-state index is -0.617. The maximum Gasteiger partial charge on any atom is 0.175 e. The standard InChI is InChI=1S/C16H15FO3/c1-19-12-8-6-11(7-9-12)10-14(18)13-4-3-5-15(20-2)16(13)17/h3-9H,10H2,1-2H3. The zero-order chi connectivity index (χ0) is 14.5. The fourth-order valence-electron chi connectivity index (χ4n) is 1.91. The predicted molar refractivity (Wildman–Crippen MR) is 74.0 cm³/mol. The molecule has 0 aliphatic carbocycles. The Morgan fingerprint density at radius 1 is 1.05 bits per heavy atom. The van der Waals surface area contributed by atoms with Gasteiger partial charge >= 0.3 is 0 Å².